The van der Waals surface area contributed by atoms with Crippen LogP contribution in [-0.2, 0) is 11.3 Å². The maximum Gasteiger partial charge on any atom is 0.362 e. The van der Waals surface area contributed by atoms with E-state index in [9.17, 15) is 9.59 Å². The third kappa shape index (κ3) is 4.92. The number of aromatic nitrogens is 2. The molecule has 1 N–H and O–H groups in total. The van der Waals surface area contributed by atoms with Crippen LogP contribution in [0.5, 0.6) is 5.75 Å². The van der Waals surface area contributed by atoms with Gasteiger partial charge < -0.3 is 14.8 Å². The predicted molar refractivity (Wildman–Crippen MR) is 106 cm³/mol. The fourth-order valence-electron chi connectivity index (χ4n) is 2.48. The largest absolute Gasteiger partial charge is 0.489 e. The number of aryl methyl sites for hydroxylation is 1. The second kappa shape index (κ2) is 9.09. The number of nitrogens with zero attached hydrogens (tertiary/aromatic N) is 2. The van der Waals surface area contributed by atoms with Crippen molar-refractivity contribution in [2.24, 2.45) is 0 Å². The van der Waals surface area contributed by atoms with Gasteiger partial charge in [-0.1, -0.05) is 40.4 Å². The number of carbonyl (C=O) groups is 2. The highest BCUT2D eigenvalue weighted by molar-refractivity contribution is 7.10. The number of rotatable bonds is 7. The van der Waals surface area contributed by atoms with E-state index >= 15 is 0 Å². The summed E-state index contributed by atoms with van der Waals surface area (Å²) in [6, 6.07) is 14.8. The van der Waals surface area contributed by atoms with Gasteiger partial charge in [0.15, 0.2) is 5.00 Å². The van der Waals surface area contributed by atoms with Gasteiger partial charge in [0.05, 0.1) is 6.61 Å². The van der Waals surface area contributed by atoms with E-state index in [1.807, 2.05) is 31.2 Å². The highest BCUT2D eigenvalue weighted by Crippen LogP contribution is 2.21. The molecule has 1 amide bonds. The molecule has 0 saturated heterocycles. The Balaban J connectivity index is 1.67. The first kappa shape index (κ1) is 19.5. The zero-order chi connectivity index (χ0) is 19.9. The molecule has 2 aromatic carbocycles. The highest BCUT2D eigenvalue weighted by atomic mass is 32.1. The lowest BCUT2D eigenvalue weighted by Gasteiger charge is -2.09. The van der Waals surface area contributed by atoms with E-state index < -0.39 is 11.9 Å². The summed E-state index contributed by atoms with van der Waals surface area (Å²) in [5.74, 6) is -0.443. The quantitative estimate of drug-likeness (QED) is 0.609. The zero-order valence-corrected chi connectivity index (χ0v) is 16.3. The van der Waals surface area contributed by atoms with Crippen molar-refractivity contribution in [1.82, 2.24) is 9.59 Å². The number of ether oxygens (including phenoxy) is 2. The van der Waals surface area contributed by atoms with Crippen LogP contribution in [0.25, 0.3) is 0 Å². The summed E-state index contributed by atoms with van der Waals surface area (Å²) in [5, 5.41) is 6.62. The normalized spacial score (nSPS) is 10.4. The molecule has 0 fully saturated rings. The highest BCUT2D eigenvalue weighted by Gasteiger charge is 2.20. The summed E-state index contributed by atoms with van der Waals surface area (Å²) in [4.78, 5) is 24.4. The first-order chi connectivity index (χ1) is 13.6. The van der Waals surface area contributed by atoms with Crippen LogP contribution in [-0.4, -0.2) is 28.1 Å². The molecule has 0 aliphatic carbocycles. The van der Waals surface area contributed by atoms with Crippen molar-refractivity contribution >= 4 is 28.4 Å². The van der Waals surface area contributed by atoms with Gasteiger partial charge in [-0.15, -0.1) is 5.10 Å². The van der Waals surface area contributed by atoms with Gasteiger partial charge in [0, 0.05) is 17.1 Å². The van der Waals surface area contributed by atoms with Crippen molar-refractivity contribution in [3.63, 3.8) is 0 Å². The van der Waals surface area contributed by atoms with Crippen LogP contribution in [0.3, 0.4) is 0 Å². The first-order valence-corrected chi connectivity index (χ1v) is 9.43. The van der Waals surface area contributed by atoms with Gasteiger partial charge >= 0.3 is 5.97 Å². The first-order valence-electron chi connectivity index (χ1n) is 8.66. The number of esters is 1. The molecular formula is C20H19N3O4S. The molecule has 0 spiro atoms. The van der Waals surface area contributed by atoms with Crippen LogP contribution >= 0.6 is 11.5 Å². The number of benzene rings is 2. The molecule has 7 nitrogen and oxygen atoms in total. The monoisotopic (exact) mass is 397 g/mol. The molecule has 0 aliphatic rings. The number of nitrogens with one attached hydrogen (secondary N) is 1. The smallest absolute Gasteiger partial charge is 0.362 e. The topological polar surface area (TPSA) is 90.4 Å². The molecule has 1 aromatic heterocycles. The number of hydrogen-bond donors (Lipinski definition) is 1. The molecule has 0 saturated carbocycles. The van der Waals surface area contributed by atoms with Gasteiger partial charge in [-0.05, 0) is 37.6 Å². The lowest BCUT2D eigenvalue weighted by molar-refractivity contribution is 0.0520. The Morgan fingerprint density at radius 2 is 1.96 bits per heavy atom. The van der Waals surface area contributed by atoms with Crippen molar-refractivity contribution in [3.8, 4) is 5.75 Å². The van der Waals surface area contributed by atoms with E-state index in [0.717, 1.165) is 22.7 Å². The predicted octanol–water partition coefficient (Wildman–Crippen LogP) is 3.85. The van der Waals surface area contributed by atoms with Crippen molar-refractivity contribution in [3.05, 3.63) is 70.9 Å². The van der Waals surface area contributed by atoms with Crippen LogP contribution in [0.4, 0.5) is 5.00 Å². The summed E-state index contributed by atoms with van der Waals surface area (Å²) < 4.78 is 14.4. The molecule has 3 aromatic rings. The minimum atomic E-state index is -0.623. The zero-order valence-electron chi connectivity index (χ0n) is 15.5. The lowest BCUT2D eigenvalue weighted by atomic mass is 10.1. The Morgan fingerprint density at radius 3 is 2.75 bits per heavy atom. The van der Waals surface area contributed by atoms with Crippen molar-refractivity contribution in [2.45, 2.75) is 20.5 Å². The number of hydrogen-bond acceptors (Lipinski definition) is 7. The Bertz CT molecular complexity index is 987. The van der Waals surface area contributed by atoms with Crippen LogP contribution < -0.4 is 10.1 Å². The second-order valence-electron chi connectivity index (χ2n) is 5.93. The lowest BCUT2D eigenvalue weighted by Crippen LogP contribution is -2.15. The maximum atomic E-state index is 12.5. The third-order valence-electron chi connectivity index (χ3n) is 3.77. The minimum absolute atomic E-state index is 0.00736. The average Bonchev–Trinajstić information content (AvgIpc) is 3.15. The molecule has 8 heteroatoms. The number of anilines is 1. The van der Waals surface area contributed by atoms with Gasteiger partial charge in [0.2, 0.25) is 5.69 Å². The summed E-state index contributed by atoms with van der Waals surface area (Å²) in [5.41, 5.74) is 2.59. The van der Waals surface area contributed by atoms with E-state index in [2.05, 4.69) is 14.9 Å². The summed E-state index contributed by atoms with van der Waals surface area (Å²) >= 11 is 0.915. The van der Waals surface area contributed by atoms with Crippen molar-refractivity contribution in [2.75, 3.05) is 11.9 Å². The van der Waals surface area contributed by atoms with E-state index in [1.54, 1.807) is 31.2 Å². The van der Waals surface area contributed by atoms with E-state index in [4.69, 9.17) is 9.47 Å². The molecule has 1 heterocycles. The molecule has 0 radical (unpaired) electrons. The molecule has 0 atom stereocenters. The van der Waals surface area contributed by atoms with E-state index in [-0.39, 0.29) is 17.3 Å². The van der Waals surface area contributed by atoms with Crippen molar-refractivity contribution < 1.29 is 19.1 Å². The Labute approximate surface area is 166 Å². The van der Waals surface area contributed by atoms with Gasteiger partial charge in [0.25, 0.3) is 5.91 Å². The molecule has 0 bridgehead atoms. The average molecular weight is 397 g/mol. The van der Waals surface area contributed by atoms with E-state index in [0.29, 0.717) is 17.9 Å². The van der Waals surface area contributed by atoms with Gasteiger partial charge in [-0.25, -0.2) is 4.79 Å². The fourth-order valence-corrected chi connectivity index (χ4v) is 3.03. The van der Waals surface area contributed by atoms with Crippen LogP contribution in [0.15, 0.2) is 48.5 Å². The Hall–Kier alpha value is -3.26. The molecule has 3 rings (SSSR count). The van der Waals surface area contributed by atoms with Crippen LogP contribution in [0, 0.1) is 6.92 Å². The molecule has 0 unspecified atom stereocenters. The third-order valence-corrected chi connectivity index (χ3v) is 4.41. The molecule has 28 heavy (non-hydrogen) atoms. The van der Waals surface area contributed by atoms with Crippen molar-refractivity contribution in [1.29, 1.82) is 0 Å². The SMILES string of the molecule is CCOC(=O)c1nnsc1NC(=O)c1cccc(OCc2cccc(C)c2)c1. The molecule has 144 valence electrons. The number of amides is 1. The fraction of sp³-hybridized carbons (Fsp3) is 0.200. The van der Waals surface area contributed by atoms with Gasteiger partial charge in [-0.2, -0.15) is 0 Å². The molecule has 0 aliphatic heterocycles. The Morgan fingerprint density at radius 1 is 1.14 bits per heavy atom. The molecular weight excluding hydrogens is 378 g/mol. The van der Waals surface area contributed by atoms with Crippen LogP contribution in [0.2, 0.25) is 0 Å². The van der Waals surface area contributed by atoms with Gasteiger partial charge in [-0.3, -0.25) is 4.79 Å². The van der Waals surface area contributed by atoms with E-state index in [1.165, 1.54) is 0 Å². The van der Waals surface area contributed by atoms with Gasteiger partial charge in [0.1, 0.15) is 12.4 Å². The van der Waals surface area contributed by atoms with Crippen LogP contribution in [0.1, 0.15) is 38.9 Å². The Kier molecular flexibility index (Phi) is 6.33. The second-order valence-corrected chi connectivity index (χ2v) is 6.68. The number of carbonyl (C=O) groups excluding carboxylic acids is 2. The maximum absolute atomic E-state index is 12.5. The standard InChI is InChI=1S/C20H19N3O4S/c1-3-26-20(25)17-19(28-23-22-17)21-18(24)15-8-5-9-16(11-15)27-12-14-7-4-6-13(2)10-14/h4-11H,3,12H2,1-2H3,(H,21,24). The summed E-state index contributed by atoms with van der Waals surface area (Å²) in [7, 11) is 0. The summed E-state index contributed by atoms with van der Waals surface area (Å²) in [6.07, 6.45) is 0. The minimum Gasteiger partial charge on any atom is -0.489 e. The summed E-state index contributed by atoms with van der Waals surface area (Å²) in [6.45, 7) is 4.33.